The first-order valence-electron chi connectivity index (χ1n) is 13.2. The van der Waals surface area contributed by atoms with E-state index in [2.05, 4.69) is 58.3 Å². The molecule has 2 fully saturated rings. The van der Waals surface area contributed by atoms with Gasteiger partial charge in [-0.2, -0.15) is 0 Å². The van der Waals surface area contributed by atoms with E-state index < -0.39 is 0 Å². The minimum atomic E-state index is 0.102. The van der Waals surface area contributed by atoms with E-state index in [1.807, 2.05) is 19.2 Å². The Bertz CT molecular complexity index is 1180. The molecule has 6 nitrogen and oxygen atoms in total. The molecule has 2 aromatic heterocycles. The van der Waals surface area contributed by atoms with Crippen LogP contribution in [0.15, 0.2) is 36.5 Å². The number of hydrogen-bond donors (Lipinski definition) is 2. The van der Waals surface area contributed by atoms with Crippen molar-refractivity contribution in [2.75, 3.05) is 26.2 Å². The fourth-order valence-electron chi connectivity index (χ4n) is 6.02. The summed E-state index contributed by atoms with van der Waals surface area (Å²) in [5, 5.41) is 4.61. The Morgan fingerprint density at radius 1 is 1.14 bits per heavy atom. The van der Waals surface area contributed by atoms with Crippen molar-refractivity contribution in [1.82, 2.24) is 20.2 Å². The maximum absolute atomic E-state index is 13.3. The molecule has 0 radical (unpaired) electrons. The average Bonchev–Trinajstić information content (AvgIpc) is 3.27. The number of fused-ring (bicyclic) bond motifs is 1. The monoisotopic (exact) mass is 474 g/mol. The molecule has 1 aromatic carbocycles. The van der Waals surface area contributed by atoms with Crippen LogP contribution in [0.25, 0.3) is 22.2 Å². The van der Waals surface area contributed by atoms with Crippen LogP contribution in [0.4, 0.5) is 0 Å². The highest BCUT2D eigenvalue weighted by atomic mass is 16.5. The number of benzene rings is 1. The van der Waals surface area contributed by atoms with Gasteiger partial charge in [-0.3, -0.25) is 9.78 Å². The summed E-state index contributed by atoms with van der Waals surface area (Å²) in [6.07, 6.45) is 7.63. The lowest BCUT2D eigenvalue weighted by atomic mass is 9.84. The summed E-state index contributed by atoms with van der Waals surface area (Å²) in [6, 6.07) is 10.7. The van der Waals surface area contributed by atoms with Crippen LogP contribution in [-0.2, 0) is 4.79 Å². The van der Waals surface area contributed by atoms with Crippen molar-refractivity contribution < 1.29 is 9.53 Å². The molecule has 186 valence electrons. The predicted octanol–water partition coefficient (Wildman–Crippen LogP) is 5.42. The van der Waals surface area contributed by atoms with Gasteiger partial charge in [0.25, 0.3) is 5.91 Å². The molecule has 5 rings (SSSR count). The molecule has 0 aliphatic carbocycles. The highest BCUT2D eigenvalue weighted by Gasteiger charge is 2.33. The second-order valence-corrected chi connectivity index (χ2v) is 10.5. The highest BCUT2D eigenvalue weighted by Crippen LogP contribution is 2.37. The fourth-order valence-corrected chi connectivity index (χ4v) is 6.02. The van der Waals surface area contributed by atoms with Gasteiger partial charge in [0.15, 0.2) is 6.61 Å². The Labute approximate surface area is 208 Å². The number of carbonyl (C=O) groups excluding carboxylic acids is 1. The van der Waals surface area contributed by atoms with Crippen LogP contribution in [0.3, 0.4) is 0 Å². The number of aryl methyl sites for hydroxylation is 1. The molecule has 4 heterocycles. The molecule has 35 heavy (non-hydrogen) atoms. The van der Waals surface area contributed by atoms with Gasteiger partial charge in [0.05, 0.1) is 5.69 Å². The fraction of sp³-hybridized carbons (Fsp3) is 0.517. The number of likely N-dealkylation sites (tertiary alicyclic amines) is 1. The van der Waals surface area contributed by atoms with E-state index >= 15 is 0 Å². The molecule has 1 unspecified atom stereocenters. The van der Waals surface area contributed by atoms with Gasteiger partial charge in [0.2, 0.25) is 0 Å². The summed E-state index contributed by atoms with van der Waals surface area (Å²) >= 11 is 0. The molecule has 2 aliphatic rings. The minimum absolute atomic E-state index is 0.102. The van der Waals surface area contributed by atoms with E-state index in [-0.39, 0.29) is 12.5 Å². The first kappa shape index (κ1) is 23.9. The third-order valence-corrected chi connectivity index (χ3v) is 7.73. The number of aromatic nitrogens is 2. The number of ether oxygens (including phenoxy) is 1. The van der Waals surface area contributed by atoms with Gasteiger partial charge in [-0.15, -0.1) is 0 Å². The van der Waals surface area contributed by atoms with Crippen molar-refractivity contribution in [2.24, 2.45) is 5.92 Å². The standard InChI is InChI=1S/C29H38N4O2/c1-19(2)28-24-17-23(7-8-25(24)32-29(28)22-11-14-31-20(3)16-22)35-18-27(34)33-15-5-4-6-26(33)21-9-12-30-13-10-21/h7-8,11,14,16-17,19,21,26,30,32H,4-6,9-10,12-13,15,18H2,1-3H3. The van der Waals surface area contributed by atoms with Crippen molar-refractivity contribution in [3.05, 3.63) is 47.8 Å². The predicted molar refractivity (Wildman–Crippen MR) is 141 cm³/mol. The van der Waals surface area contributed by atoms with Gasteiger partial charge >= 0.3 is 0 Å². The summed E-state index contributed by atoms with van der Waals surface area (Å²) in [5.41, 5.74) is 5.62. The zero-order valence-corrected chi connectivity index (χ0v) is 21.3. The quantitative estimate of drug-likeness (QED) is 0.500. The largest absolute Gasteiger partial charge is 0.484 e. The van der Waals surface area contributed by atoms with Crippen molar-refractivity contribution in [3.63, 3.8) is 0 Å². The molecule has 1 amide bonds. The number of pyridine rings is 1. The Morgan fingerprint density at radius 3 is 2.74 bits per heavy atom. The second-order valence-electron chi connectivity index (χ2n) is 10.5. The molecule has 2 saturated heterocycles. The molecular formula is C29H38N4O2. The molecule has 6 heteroatoms. The van der Waals surface area contributed by atoms with E-state index in [9.17, 15) is 4.79 Å². The van der Waals surface area contributed by atoms with E-state index in [1.165, 1.54) is 12.0 Å². The number of carbonyl (C=O) groups is 1. The van der Waals surface area contributed by atoms with Gasteiger partial charge in [-0.05, 0) is 99.8 Å². The minimum Gasteiger partial charge on any atom is -0.484 e. The topological polar surface area (TPSA) is 70.2 Å². The van der Waals surface area contributed by atoms with Crippen LogP contribution in [0.2, 0.25) is 0 Å². The smallest absolute Gasteiger partial charge is 0.260 e. The van der Waals surface area contributed by atoms with Crippen molar-refractivity contribution in [1.29, 1.82) is 0 Å². The third-order valence-electron chi connectivity index (χ3n) is 7.73. The molecular weight excluding hydrogens is 436 g/mol. The number of aromatic amines is 1. The molecule has 0 spiro atoms. The molecule has 1 atom stereocenters. The lowest BCUT2D eigenvalue weighted by molar-refractivity contribution is -0.138. The van der Waals surface area contributed by atoms with Gasteiger partial charge in [-0.1, -0.05) is 13.8 Å². The van der Waals surface area contributed by atoms with Crippen LogP contribution in [0.5, 0.6) is 5.75 Å². The SMILES string of the molecule is Cc1cc(-c2[nH]c3ccc(OCC(=O)N4CCCCC4C4CCNCC4)cc3c2C(C)C)ccn1. The first-order valence-corrected chi connectivity index (χ1v) is 13.2. The number of nitrogens with one attached hydrogen (secondary N) is 2. The van der Waals surface area contributed by atoms with E-state index in [0.717, 1.165) is 78.9 Å². The third kappa shape index (κ3) is 5.08. The molecule has 0 bridgehead atoms. The van der Waals surface area contributed by atoms with Crippen LogP contribution in [-0.4, -0.2) is 53.1 Å². The zero-order valence-electron chi connectivity index (χ0n) is 21.3. The maximum Gasteiger partial charge on any atom is 0.260 e. The van der Waals surface area contributed by atoms with Gasteiger partial charge < -0.3 is 19.9 Å². The van der Waals surface area contributed by atoms with E-state index in [4.69, 9.17) is 4.74 Å². The number of piperidine rings is 2. The number of H-pyrrole nitrogens is 1. The lowest BCUT2D eigenvalue weighted by Gasteiger charge is -2.42. The molecule has 2 aliphatic heterocycles. The van der Waals surface area contributed by atoms with Crippen LogP contribution >= 0.6 is 0 Å². The Hall–Kier alpha value is -2.86. The second kappa shape index (κ2) is 10.4. The van der Waals surface area contributed by atoms with E-state index in [0.29, 0.717) is 17.9 Å². The summed E-state index contributed by atoms with van der Waals surface area (Å²) in [7, 11) is 0. The van der Waals surface area contributed by atoms with Crippen LogP contribution in [0, 0.1) is 12.8 Å². The van der Waals surface area contributed by atoms with Gasteiger partial charge in [-0.25, -0.2) is 0 Å². The van der Waals surface area contributed by atoms with Gasteiger partial charge in [0.1, 0.15) is 5.75 Å². The van der Waals surface area contributed by atoms with Crippen molar-refractivity contribution in [3.8, 4) is 17.0 Å². The summed E-state index contributed by atoms with van der Waals surface area (Å²) in [4.78, 5) is 23.3. The van der Waals surface area contributed by atoms with Crippen LogP contribution < -0.4 is 10.1 Å². The Balaban J connectivity index is 1.34. The Morgan fingerprint density at radius 2 is 1.97 bits per heavy atom. The van der Waals surface area contributed by atoms with Gasteiger partial charge in [0, 0.05) is 40.9 Å². The van der Waals surface area contributed by atoms with Crippen LogP contribution in [0.1, 0.15) is 63.1 Å². The highest BCUT2D eigenvalue weighted by molar-refractivity contribution is 5.92. The maximum atomic E-state index is 13.3. The van der Waals surface area contributed by atoms with E-state index in [1.54, 1.807) is 0 Å². The summed E-state index contributed by atoms with van der Waals surface area (Å²) in [5.74, 6) is 1.82. The molecule has 3 aromatic rings. The first-order chi connectivity index (χ1) is 17.0. The summed E-state index contributed by atoms with van der Waals surface area (Å²) < 4.78 is 6.11. The number of hydrogen-bond acceptors (Lipinski definition) is 4. The van der Waals surface area contributed by atoms with Crippen molar-refractivity contribution in [2.45, 2.75) is 64.8 Å². The average molecular weight is 475 g/mol. The molecule has 2 N–H and O–H groups in total. The summed E-state index contributed by atoms with van der Waals surface area (Å²) in [6.45, 7) is 9.54. The zero-order chi connectivity index (χ0) is 24.4. The number of nitrogens with zero attached hydrogens (tertiary/aromatic N) is 2. The number of amides is 1. The van der Waals surface area contributed by atoms with Crippen molar-refractivity contribution >= 4 is 16.8 Å². The number of rotatable bonds is 6. The molecule has 0 saturated carbocycles. The normalized spacial score (nSPS) is 19.4. The Kier molecular flexibility index (Phi) is 7.09. The lowest BCUT2D eigenvalue weighted by Crippen LogP contribution is -2.51.